The van der Waals surface area contributed by atoms with Crippen molar-refractivity contribution in [3.63, 3.8) is 0 Å². The van der Waals surface area contributed by atoms with Crippen LogP contribution in [0.5, 0.6) is 0 Å². The van der Waals surface area contributed by atoms with Crippen molar-refractivity contribution in [3.05, 3.63) is 0 Å². The van der Waals surface area contributed by atoms with Gasteiger partial charge in [0.15, 0.2) is 0 Å². The van der Waals surface area contributed by atoms with Crippen molar-refractivity contribution in [1.82, 2.24) is 10.8 Å². The molecule has 0 saturated carbocycles. The van der Waals surface area contributed by atoms with Crippen LogP contribution in [0.15, 0.2) is 0 Å². The van der Waals surface area contributed by atoms with E-state index in [-0.39, 0.29) is 12.5 Å². The molecule has 0 aliphatic carbocycles. The molecule has 0 spiro atoms. The number of amides is 2. The van der Waals surface area contributed by atoms with E-state index in [1.807, 2.05) is 6.92 Å². The molecular formula is C8H17N3O3. The quantitative estimate of drug-likeness (QED) is 0.458. The minimum Gasteiger partial charge on any atom is -0.368 e. The Morgan fingerprint density at radius 3 is 2.64 bits per heavy atom. The SMILES string of the molecule is CCCNC(=O)C(C)NOCC(N)=O. The molecule has 0 heterocycles. The van der Waals surface area contributed by atoms with Crippen LogP contribution in [0.4, 0.5) is 0 Å². The zero-order valence-electron chi connectivity index (χ0n) is 8.50. The summed E-state index contributed by atoms with van der Waals surface area (Å²) >= 11 is 0. The predicted octanol–water partition coefficient (Wildman–Crippen LogP) is -1.09. The summed E-state index contributed by atoms with van der Waals surface area (Å²) in [7, 11) is 0. The fourth-order valence-corrected chi connectivity index (χ4v) is 0.693. The van der Waals surface area contributed by atoms with Crippen LogP contribution in [0.1, 0.15) is 20.3 Å². The summed E-state index contributed by atoms with van der Waals surface area (Å²) in [6, 6.07) is -0.499. The Morgan fingerprint density at radius 1 is 1.50 bits per heavy atom. The molecule has 0 aromatic rings. The molecule has 0 aliphatic heterocycles. The summed E-state index contributed by atoms with van der Waals surface area (Å²) in [6.07, 6.45) is 0.876. The number of nitrogens with two attached hydrogens (primary N) is 1. The van der Waals surface area contributed by atoms with Crippen LogP contribution in [0.25, 0.3) is 0 Å². The van der Waals surface area contributed by atoms with E-state index in [1.54, 1.807) is 6.92 Å². The van der Waals surface area contributed by atoms with Crippen molar-refractivity contribution in [3.8, 4) is 0 Å². The van der Waals surface area contributed by atoms with Crippen LogP contribution in [0.2, 0.25) is 0 Å². The van der Waals surface area contributed by atoms with Crippen LogP contribution in [0.3, 0.4) is 0 Å². The smallest absolute Gasteiger partial charge is 0.245 e. The highest BCUT2D eigenvalue weighted by Gasteiger charge is 2.11. The number of hydrogen-bond donors (Lipinski definition) is 3. The fraction of sp³-hybridized carbons (Fsp3) is 0.750. The van der Waals surface area contributed by atoms with E-state index in [9.17, 15) is 9.59 Å². The van der Waals surface area contributed by atoms with Gasteiger partial charge in [-0.1, -0.05) is 6.92 Å². The summed E-state index contributed by atoms with van der Waals surface area (Å²) in [4.78, 5) is 26.2. The monoisotopic (exact) mass is 203 g/mol. The third-order valence-corrected chi connectivity index (χ3v) is 1.42. The second kappa shape index (κ2) is 7.28. The van der Waals surface area contributed by atoms with Gasteiger partial charge in [-0.25, -0.2) is 0 Å². The number of hydroxylamine groups is 1. The highest BCUT2D eigenvalue weighted by Crippen LogP contribution is 1.82. The van der Waals surface area contributed by atoms with Gasteiger partial charge < -0.3 is 11.1 Å². The topological polar surface area (TPSA) is 93.4 Å². The minimum atomic E-state index is -0.585. The van der Waals surface area contributed by atoms with Crippen molar-refractivity contribution in [2.24, 2.45) is 5.73 Å². The lowest BCUT2D eigenvalue weighted by molar-refractivity contribution is -0.132. The van der Waals surface area contributed by atoms with Crippen molar-refractivity contribution in [1.29, 1.82) is 0 Å². The highest BCUT2D eigenvalue weighted by molar-refractivity contribution is 5.81. The molecule has 1 atom stereocenters. The third-order valence-electron chi connectivity index (χ3n) is 1.42. The molecule has 0 aromatic heterocycles. The van der Waals surface area contributed by atoms with Crippen LogP contribution in [-0.4, -0.2) is 31.0 Å². The molecular weight excluding hydrogens is 186 g/mol. The zero-order chi connectivity index (χ0) is 11.0. The maximum atomic E-state index is 11.2. The molecule has 0 bridgehead atoms. The largest absolute Gasteiger partial charge is 0.368 e. The minimum absolute atomic E-state index is 0.170. The van der Waals surface area contributed by atoms with Crippen LogP contribution in [0, 0.1) is 0 Å². The normalized spacial score (nSPS) is 12.1. The highest BCUT2D eigenvalue weighted by atomic mass is 16.6. The standard InChI is InChI=1S/C8H17N3O3/c1-3-4-10-8(13)6(2)11-14-5-7(9)12/h6,11H,3-5H2,1-2H3,(H2,9,12)(H,10,13). The van der Waals surface area contributed by atoms with Gasteiger partial charge >= 0.3 is 0 Å². The van der Waals surface area contributed by atoms with E-state index >= 15 is 0 Å². The molecule has 4 N–H and O–H groups in total. The number of hydrogen-bond acceptors (Lipinski definition) is 4. The first kappa shape index (κ1) is 12.9. The Balaban J connectivity index is 3.56. The molecule has 1 unspecified atom stereocenters. The fourth-order valence-electron chi connectivity index (χ4n) is 0.693. The number of rotatable bonds is 7. The lowest BCUT2D eigenvalue weighted by Gasteiger charge is -2.12. The lowest BCUT2D eigenvalue weighted by atomic mass is 10.3. The average molecular weight is 203 g/mol. The number of primary amides is 1. The second-order valence-electron chi connectivity index (χ2n) is 2.89. The van der Waals surface area contributed by atoms with Gasteiger partial charge in [-0.3, -0.25) is 14.4 Å². The first-order valence-electron chi connectivity index (χ1n) is 4.51. The summed E-state index contributed by atoms with van der Waals surface area (Å²) in [5.74, 6) is -0.755. The molecule has 0 aliphatic rings. The molecule has 2 amide bonds. The Hall–Kier alpha value is -1.14. The summed E-state index contributed by atoms with van der Waals surface area (Å²) in [5, 5.41) is 2.67. The van der Waals surface area contributed by atoms with E-state index in [1.165, 1.54) is 0 Å². The van der Waals surface area contributed by atoms with Gasteiger partial charge in [0.1, 0.15) is 12.6 Å². The number of carbonyl (C=O) groups is 2. The van der Waals surface area contributed by atoms with E-state index in [0.717, 1.165) is 6.42 Å². The Labute approximate surface area is 83.1 Å². The van der Waals surface area contributed by atoms with Crippen LogP contribution in [-0.2, 0) is 14.4 Å². The summed E-state index contributed by atoms with van der Waals surface area (Å²) in [5.41, 5.74) is 7.24. The molecule has 14 heavy (non-hydrogen) atoms. The number of carbonyl (C=O) groups excluding carboxylic acids is 2. The molecule has 6 nitrogen and oxygen atoms in total. The van der Waals surface area contributed by atoms with Gasteiger partial charge in [0.05, 0.1) is 0 Å². The molecule has 0 fully saturated rings. The van der Waals surface area contributed by atoms with Gasteiger partial charge in [-0.05, 0) is 13.3 Å². The van der Waals surface area contributed by atoms with Gasteiger partial charge in [0.25, 0.3) is 0 Å². The maximum Gasteiger partial charge on any atom is 0.245 e. The predicted molar refractivity (Wildman–Crippen MR) is 51.0 cm³/mol. The van der Waals surface area contributed by atoms with Crippen molar-refractivity contribution in [2.45, 2.75) is 26.3 Å². The van der Waals surface area contributed by atoms with E-state index in [2.05, 4.69) is 15.6 Å². The second-order valence-corrected chi connectivity index (χ2v) is 2.89. The van der Waals surface area contributed by atoms with Gasteiger partial charge in [-0.2, -0.15) is 5.48 Å². The molecule has 0 aromatic carbocycles. The number of nitrogens with one attached hydrogen (secondary N) is 2. The molecule has 0 radical (unpaired) electrons. The first-order chi connectivity index (χ1) is 6.57. The van der Waals surface area contributed by atoms with Crippen molar-refractivity contribution < 1.29 is 14.4 Å². The first-order valence-corrected chi connectivity index (χ1v) is 4.51. The van der Waals surface area contributed by atoms with E-state index in [0.29, 0.717) is 6.54 Å². The Bertz CT molecular complexity index is 196. The molecule has 0 rings (SSSR count). The lowest BCUT2D eigenvalue weighted by Crippen LogP contribution is -2.43. The van der Waals surface area contributed by atoms with Crippen LogP contribution >= 0.6 is 0 Å². The summed E-state index contributed by atoms with van der Waals surface area (Å²) < 4.78 is 0. The van der Waals surface area contributed by atoms with Gasteiger partial charge in [0, 0.05) is 6.54 Å². The molecule has 6 heteroatoms. The molecule has 82 valence electrons. The van der Waals surface area contributed by atoms with E-state index < -0.39 is 11.9 Å². The van der Waals surface area contributed by atoms with Crippen molar-refractivity contribution >= 4 is 11.8 Å². The Morgan fingerprint density at radius 2 is 2.14 bits per heavy atom. The molecule has 0 saturated heterocycles. The zero-order valence-corrected chi connectivity index (χ0v) is 8.50. The van der Waals surface area contributed by atoms with Crippen molar-refractivity contribution in [2.75, 3.05) is 13.2 Å². The van der Waals surface area contributed by atoms with Crippen LogP contribution < -0.4 is 16.5 Å². The van der Waals surface area contributed by atoms with E-state index in [4.69, 9.17) is 5.73 Å². The third kappa shape index (κ3) is 6.38. The Kier molecular flexibility index (Phi) is 6.69. The maximum absolute atomic E-state index is 11.2. The van der Waals surface area contributed by atoms with Gasteiger partial charge in [-0.15, -0.1) is 0 Å². The van der Waals surface area contributed by atoms with Gasteiger partial charge in [0.2, 0.25) is 11.8 Å². The summed E-state index contributed by atoms with van der Waals surface area (Å²) in [6.45, 7) is 3.97. The average Bonchev–Trinajstić information content (AvgIpc) is 2.13.